The zero-order valence-electron chi connectivity index (χ0n) is 12.8. The maximum atomic E-state index is 11.7. The van der Waals surface area contributed by atoms with E-state index in [0.717, 1.165) is 25.5 Å². The topological polar surface area (TPSA) is 47.9 Å². The molecule has 1 saturated heterocycles. The number of carbonyl (C=O) groups excluding carboxylic acids is 1. The molecule has 5 heteroatoms. The molecule has 0 spiro atoms. The minimum Gasteiger partial charge on any atom is -0.354 e. The van der Waals surface area contributed by atoms with Crippen LogP contribution in [0.2, 0.25) is 0 Å². The predicted octanol–water partition coefficient (Wildman–Crippen LogP) is 1.30. The molecule has 1 N–H and O–H groups in total. The van der Waals surface area contributed by atoms with E-state index in [4.69, 9.17) is 0 Å². The highest BCUT2D eigenvalue weighted by Gasteiger charge is 2.16. The molecule has 110 valence electrons. The van der Waals surface area contributed by atoms with Crippen LogP contribution in [0.4, 0.5) is 0 Å². The van der Waals surface area contributed by atoms with Crippen molar-refractivity contribution < 1.29 is 4.79 Å². The number of hydrogen-bond donors (Lipinski definition) is 1. The van der Waals surface area contributed by atoms with Crippen molar-refractivity contribution in [2.45, 2.75) is 45.6 Å². The summed E-state index contributed by atoms with van der Waals surface area (Å²) in [7, 11) is 3.53. The van der Waals surface area contributed by atoms with Gasteiger partial charge in [-0.2, -0.15) is 0 Å². The number of aliphatic imine (C=N–C) groups is 1. The lowest BCUT2D eigenvalue weighted by molar-refractivity contribution is -0.127. The van der Waals surface area contributed by atoms with Crippen molar-refractivity contribution in [3.05, 3.63) is 0 Å². The SMILES string of the molecule is CCC(C)NC(=NCC(=O)N(C)C)N1CCCCC1. The zero-order valence-corrected chi connectivity index (χ0v) is 12.8. The van der Waals surface area contributed by atoms with Crippen molar-refractivity contribution in [2.75, 3.05) is 33.7 Å². The number of piperidine rings is 1. The molecule has 0 aromatic carbocycles. The van der Waals surface area contributed by atoms with Crippen molar-refractivity contribution in [2.24, 2.45) is 4.99 Å². The van der Waals surface area contributed by atoms with E-state index in [9.17, 15) is 4.79 Å². The Kier molecular flexibility index (Phi) is 6.67. The maximum absolute atomic E-state index is 11.7. The molecule has 1 rings (SSSR count). The second-order valence-corrected chi connectivity index (χ2v) is 5.43. The first-order chi connectivity index (χ1) is 9.04. The molecule has 0 aromatic heterocycles. The number of hydrogen-bond acceptors (Lipinski definition) is 2. The summed E-state index contributed by atoms with van der Waals surface area (Å²) in [5.74, 6) is 0.935. The fourth-order valence-electron chi connectivity index (χ4n) is 1.95. The summed E-state index contributed by atoms with van der Waals surface area (Å²) in [5, 5.41) is 3.44. The third kappa shape index (κ3) is 5.49. The summed E-state index contributed by atoms with van der Waals surface area (Å²) in [6.45, 7) is 6.60. The van der Waals surface area contributed by atoms with Crippen molar-refractivity contribution in [3.63, 3.8) is 0 Å². The summed E-state index contributed by atoms with van der Waals surface area (Å²) < 4.78 is 0. The molecule has 19 heavy (non-hydrogen) atoms. The first-order valence-electron chi connectivity index (χ1n) is 7.30. The molecule has 0 aliphatic carbocycles. The van der Waals surface area contributed by atoms with Crippen LogP contribution in [0.25, 0.3) is 0 Å². The molecule has 1 aliphatic rings. The molecule has 1 amide bonds. The average Bonchev–Trinajstić information content (AvgIpc) is 2.43. The van der Waals surface area contributed by atoms with Crippen LogP contribution in [0.3, 0.4) is 0 Å². The normalized spacial score (nSPS) is 18.1. The largest absolute Gasteiger partial charge is 0.354 e. The predicted molar refractivity (Wildman–Crippen MR) is 79.3 cm³/mol. The van der Waals surface area contributed by atoms with Crippen LogP contribution in [0.1, 0.15) is 39.5 Å². The molecule has 1 unspecified atom stereocenters. The lowest BCUT2D eigenvalue weighted by Crippen LogP contribution is -2.47. The van der Waals surface area contributed by atoms with Gasteiger partial charge in [-0.15, -0.1) is 0 Å². The Hall–Kier alpha value is -1.26. The Bertz CT molecular complexity index is 309. The van der Waals surface area contributed by atoms with Gasteiger partial charge in [0.05, 0.1) is 0 Å². The van der Waals surface area contributed by atoms with Crippen molar-refractivity contribution in [1.82, 2.24) is 15.1 Å². The fraction of sp³-hybridized carbons (Fsp3) is 0.857. The third-order valence-corrected chi connectivity index (χ3v) is 3.51. The molecule has 0 bridgehead atoms. The molecule has 0 saturated carbocycles. The second-order valence-electron chi connectivity index (χ2n) is 5.43. The summed E-state index contributed by atoms with van der Waals surface area (Å²) in [5.41, 5.74) is 0. The lowest BCUT2D eigenvalue weighted by Gasteiger charge is -2.31. The second kappa shape index (κ2) is 8.02. The van der Waals surface area contributed by atoms with Crippen molar-refractivity contribution in [1.29, 1.82) is 0 Å². The number of amides is 1. The van der Waals surface area contributed by atoms with Gasteiger partial charge in [0.15, 0.2) is 5.96 Å². The summed E-state index contributed by atoms with van der Waals surface area (Å²) in [6.07, 6.45) is 4.77. The molecule has 1 aliphatic heterocycles. The summed E-state index contributed by atoms with van der Waals surface area (Å²) >= 11 is 0. The molecule has 0 radical (unpaired) electrons. The first-order valence-corrected chi connectivity index (χ1v) is 7.30. The van der Waals surface area contributed by atoms with Gasteiger partial charge in [-0.1, -0.05) is 6.92 Å². The smallest absolute Gasteiger partial charge is 0.243 e. The van der Waals surface area contributed by atoms with E-state index in [1.54, 1.807) is 19.0 Å². The van der Waals surface area contributed by atoms with Crippen molar-refractivity contribution in [3.8, 4) is 0 Å². The van der Waals surface area contributed by atoms with Crippen LogP contribution in [-0.4, -0.2) is 61.4 Å². The monoisotopic (exact) mass is 268 g/mol. The van der Waals surface area contributed by atoms with Gasteiger partial charge in [-0.3, -0.25) is 4.79 Å². The quantitative estimate of drug-likeness (QED) is 0.617. The molecule has 1 atom stereocenters. The van der Waals surface area contributed by atoms with Gasteiger partial charge in [-0.25, -0.2) is 4.99 Å². The number of nitrogens with one attached hydrogen (secondary N) is 1. The number of nitrogens with zero attached hydrogens (tertiary/aromatic N) is 3. The number of carbonyl (C=O) groups is 1. The highest BCUT2D eigenvalue weighted by molar-refractivity contribution is 5.85. The maximum Gasteiger partial charge on any atom is 0.243 e. The van der Waals surface area contributed by atoms with Gasteiger partial charge in [0.25, 0.3) is 0 Å². The summed E-state index contributed by atoms with van der Waals surface area (Å²) in [6, 6.07) is 0.384. The van der Waals surface area contributed by atoms with E-state index in [1.165, 1.54) is 19.3 Å². The zero-order chi connectivity index (χ0) is 14.3. The van der Waals surface area contributed by atoms with Gasteiger partial charge < -0.3 is 15.1 Å². The third-order valence-electron chi connectivity index (χ3n) is 3.51. The summed E-state index contributed by atoms with van der Waals surface area (Å²) in [4.78, 5) is 20.0. The Morgan fingerprint density at radius 3 is 2.47 bits per heavy atom. The first kappa shape index (κ1) is 15.8. The number of likely N-dealkylation sites (tertiary alicyclic amines) is 1. The van der Waals surface area contributed by atoms with E-state index < -0.39 is 0 Å². The highest BCUT2D eigenvalue weighted by atomic mass is 16.2. The van der Waals surface area contributed by atoms with Crippen LogP contribution in [0.5, 0.6) is 0 Å². The van der Waals surface area contributed by atoms with Crippen LogP contribution >= 0.6 is 0 Å². The van der Waals surface area contributed by atoms with Crippen LogP contribution in [0, 0.1) is 0 Å². The van der Waals surface area contributed by atoms with E-state index >= 15 is 0 Å². The number of guanidine groups is 1. The lowest BCUT2D eigenvalue weighted by atomic mass is 10.1. The van der Waals surface area contributed by atoms with E-state index in [-0.39, 0.29) is 12.5 Å². The molecular formula is C14H28N4O. The molecule has 5 nitrogen and oxygen atoms in total. The van der Waals surface area contributed by atoms with Crippen LogP contribution < -0.4 is 5.32 Å². The van der Waals surface area contributed by atoms with Gasteiger partial charge in [0.2, 0.25) is 5.91 Å². The Morgan fingerprint density at radius 2 is 1.95 bits per heavy atom. The Morgan fingerprint density at radius 1 is 1.32 bits per heavy atom. The highest BCUT2D eigenvalue weighted by Crippen LogP contribution is 2.09. The van der Waals surface area contributed by atoms with Crippen LogP contribution in [0.15, 0.2) is 4.99 Å². The molecule has 1 fully saturated rings. The number of rotatable bonds is 4. The number of likely N-dealkylation sites (N-methyl/N-ethyl adjacent to an activating group) is 1. The molecule has 0 aromatic rings. The van der Waals surface area contributed by atoms with Crippen LogP contribution in [-0.2, 0) is 4.79 Å². The van der Waals surface area contributed by atoms with Crippen molar-refractivity contribution >= 4 is 11.9 Å². The average molecular weight is 268 g/mol. The fourth-order valence-corrected chi connectivity index (χ4v) is 1.95. The van der Waals surface area contributed by atoms with E-state index in [0.29, 0.717) is 6.04 Å². The molecular weight excluding hydrogens is 240 g/mol. The van der Waals surface area contributed by atoms with Gasteiger partial charge >= 0.3 is 0 Å². The Labute approximate surface area is 117 Å². The Balaban J connectivity index is 2.66. The van der Waals surface area contributed by atoms with Gasteiger partial charge in [0, 0.05) is 33.2 Å². The van der Waals surface area contributed by atoms with E-state index in [2.05, 4.69) is 29.1 Å². The minimum atomic E-state index is 0.0421. The van der Waals surface area contributed by atoms with Gasteiger partial charge in [-0.05, 0) is 32.6 Å². The van der Waals surface area contributed by atoms with E-state index in [1.807, 2.05) is 0 Å². The molecule has 1 heterocycles. The minimum absolute atomic E-state index is 0.0421. The van der Waals surface area contributed by atoms with Gasteiger partial charge in [0.1, 0.15) is 6.54 Å². The standard InChI is InChI=1S/C14H28N4O/c1-5-12(2)16-14(15-11-13(19)17(3)4)18-9-7-6-8-10-18/h12H,5-11H2,1-4H3,(H,15,16).